The van der Waals surface area contributed by atoms with Crippen LogP contribution in [0.5, 0.6) is 5.75 Å². The van der Waals surface area contributed by atoms with E-state index in [1.807, 2.05) is 6.07 Å². The van der Waals surface area contributed by atoms with Gasteiger partial charge in [0.1, 0.15) is 17.1 Å². The maximum Gasteiger partial charge on any atom is 0.147 e. The van der Waals surface area contributed by atoms with E-state index >= 15 is 0 Å². The number of hydrogen-bond donors (Lipinski definition) is 0. The first-order valence-corrected chi connectivity index (χ1v) is 7.57. The summed E-state index contributed by atoms with van der Waals surface area (Å²) in [6, 6.07) is 6.81. The van der Waals surface area contributed by atoms with Gasteiger partial charge in [-0.3, -0.25) is 0 Å². The number of imidazole rings is 1. The Kier molecular flexibility index (Phi) is 3.65. The Hall–Kier alpha value is -1.22. The quantitative estimate of drug-likeness (QED) is 0.749. The zero-order valence-corrected chi connectivity index (χ0v) is 12.0. The van der Waals surface area contributed by atoms with E-state index in [0.29, 0.717) is 11.9 Å². The van der Waals surface area contributed by atoms with E-state index in [9.17, 15) is 0 Å². The fourth-order valence-corrected chi connectivity index (χ4v) is 2.64. The molecule has 19 heavy (non-hydrogen) atoms. The number of hydrogen-bond acceptors (Lipinski definition) is 2. The number of halogens is 1. The third-order valence-electron chi connectivity index (χ3n) is 3.45. The maximum atomic E-state index is 5.90. The molecule has 0 spiro atoms. The average Bonchev–Trinajstić information content (AvgIpc) is 3.18. The van der Waals surface area contributed by atoms with Gasteiger partial charge in [-0.1, -0.05) is 13.0 Å². The fraction of sp³-hybridized carbons (Fsp3) is 0.533. The normalized spacial score (nSPS) is 15.1. The Morgan fingerprint density at radius 1 is 1.42 bits per heavy atom. The number of rotatable bonds is 6. The van der Waals surface area contributed by atoms with Crippen LogP contribution in [0.25, 0.3) is 11.0 Å². The number of aromatic nitrogens is 2. The van der Waals surface area contributed by atoms with E-state index in [-0.39, 0.29) is 0 Å². The second-order valence-electron chi connectivity index (χ2n) is 5.04. The SMILES string of the molecule is CCCOc1cccc2c1nc(CCCl)n2C1CC1. The zero-order chi connectivity index (χ0) is 13.2. The lowest BCUT2D eigenvalue weighted by atomic mass is 10.3. The molecule has 1 aromatic heterocycles. The molecule has 0 unspecified atom stereocenters. The van der Waals surface area contributed by atoms with Crippen LogP contribution in [-0.2, 0) is 6.42 Å². The van der Waals surface area contributed by atoms with Crippen molar-refractivity contribution in [3.63, 3.8) is 0 Å². The van der Waals surface area contributed by atoms with Crippen LogP contribution in [0.2, 0.25) is 0 Å². The minimum atomic E-state index is 0.612. The molecule has 2 aromatic rings. The third kappa shape index (κ3) is 2.44. The summed E-state index contributed by atoms with van der Waals surface area (Å²) in [5.74, 6) is 2.61. The third-order valence-corrected chi connectivity index (χ3v) is 3.64. The summed E-state index contributed by atoms with van der Waals surface area (Å²) in [6.45, 7) is 2.85. The summed E-state index contributed by atoms with van der Waals surface area (Å²) in [4.78, 5) is 4.77. The van der Waals surface area contributed by atoms with Crippen molar-refractivity contribution in [2.45, 2.75) is 38.6 Å². The molecule has 0 N–H and O–H groups in total. The van der Waals surface area contributed by atoms with Crippen LogP contribution in [0.3, 0.4) is 0 Å². The van der Waals surface area contributed by atoms with Gasteiger partial charge >= 0.3 is 0 Å². The predicted molar refractivity (Wildman–Crippen MR) is 78.2 cm³/mol. The molecule has 0 atom stereocenters. The second kappa shape index (κ2) is 5.41. The highest BCUT2D eigenvalue weighted by Crippen LogP contribution is 2.40. The number of fused-ring (bicyclic) bond motifs is 1. The Morgan fingerprint density at radius 2 is 2.26 bits per heavy atom. The lowest BCUT2D eigenvalue weighted by Gasteiger charge is -2.07. The van der Waals surface area contributed by atoms with Gasteiger partial charge in [0, 0.05) is 18.3 Å². The molecule has 1 heterocycles. The van der Waals surface area contributed by atoms with E-state index in [1.165, 1.54) is 18.4 Å². The van der Waals surface area contributed by atoms with Crippen LogP contribution < -0.4 is 4.74 Å². The number of nitrogens with zero attached hydrogens (tertiary/aromatic N) is 2. The van der Waals surface area contributed by atoms with Crippen molar-refractivity contribution < 1.29 is 4.74 Å². The van der Waals surface area contributed by atoms with Gasteiger partial charge in [0.05, 0.1) is 12.1 Å². The highest BCUT2D eigenvalue weighted by Gasteiger charge is 2.28. The van der Waals surface area contributed by atoms with Crippen molar-refractivity contribution in [2.24, 2.45) is 0 Å². The van der Waals surface area contributed by atoms with Crippen LogP contribution in [0.4, 0.5) is 0 Å². The number of benzene rings is 1. The monoisotopic (exact) mass is 278 g/mol. The van der Waals surface area contributed by atoms with Gasteiger partial charge in [-0.05, 0) is 31.4 Å². The lowest BCUT2D eigenvalue weighted by molar-refractivity contribution is 0.320. The standard InChI is InChI=1S/C15H19ClN2O/c1-2-10-19-13-5-3-4-12-15(13)17-14(8-9-16)18(12)11-6-7-11/h3-5,11H,2,6-10H2,1H3. The van der Waals surface area contributed by atoms with E-state index in [4.69, 9.17) is 21.3 Å². The van der Waals surface area contributed by atoms with Crippen molar-refractivity contribution in [3.05, 3.63) is 24.0 Å². The molecule has 1 aliphatic rings. The molecular weight excluding hydrogens is 260 g/mol. The van der Waals surface area contributed by atoms with Gasteiger partial charge in [-0.2, -0.15) is 0 Å². The molecule has 102 valence electrons. The van der Waals surface area contributed by atoms with Gasteiger partial charge in [-0.25, -0.2) is 4.98 Å². The average molecular weight is 279 g/mol. The number of para-hydroxylation sites is 1. The molecule has 0 bridgehead atoms. The molecular formula is C15H19ClN2O. The van der Waals surface area contributed by atoms with Crippen molar-refractivity contribution in [1.29, 1.82) is 0 Å². The van der Waals surface area contributed by atoms with Crippen LogP contribution in [-0.4, -0.2) is 22.0 Å². The molecule has 1 aromatic carbocycles. The molecule has 0 saturated heterocycles. The van der Waals surface area contributed by atoms with Gasteiger partial charge in [-0.15, -0.1) is 11.6 Å². The molecule has 0 radical (unpaired) electrons. The fourth-order valence-electron chi connectivity index (χ4n) is 2.47. The molecule has 3 rings (SSSR count). The number of aryl methyl sites for hydroxylation is 1. The molecule has 4 heteroatoms. The van der Waals surface area contributed by atoms with Crippen LogP contribution >= 0.6 is 11.6 Å². The maximum absolute atomic E-state index is 5.90. The Bertz CT molecular complexity index is 575. The topological polar surface area (TPSA) is 27.1 Å². The molecule has 1 saturated carbocycles. The summed E-state index contributed by atoms with van der Waals surface area (Å²) < 4.78 is 8.16. The highest BCUT2D eigenvalue weighted by atomic mass is 35.5. The summed E-state index contributed by atoms with van der Waals surface area (Å²) in [5.41, 5.74) is 2.18. The van der Waals surface area contributed by atoms with Crippen LogP contribution in [0, 0.1) is 0 Å². The summed E-state index contributed by atoms with van der Waals surface area (Å²) in [6.07, 6.45) is 4.33. The van der Waals surface area contributed by atoms with Crippen molar-refractivity contribution in [3.8, 4) is 5.75 Å². The molecule has 3 nitrogen and oxygen atoms in total. The van der Waals surface area contributed by atoms with Gasteiger partial charge in [0.2, 0.25) is 0 Å². The molecule has 1 fully saturated rings. The predicted octanol–water partition coefficient (Wildman–Crippen LogP) is 3.94. The van der Waals surface area contributed by atoms with Crippen LogP contribution in [0.15, 0.2) is 18.2 Å². The van der Waals surface area contributed by atoms with Gasteiger partial charge in [0.15, 0.2) is 0 Å². The lowest BCUT2D eigenvalue weighted by Crippen LogP contribution is -2.02. The van der Waals surface area contributed by atoms with Gasteiger partial charge < -0.3 is 9.30 Å². The van der Waals surface area contributed by atoms with E-state index in [2.05, 4.69) is 23.6 Å². The van der Waals surface area contributed by atoms with Crippen molar-refractivity contribution >= 4 is 22.6 Å². The Balaban J connectivity index is 2.07. The first kappa shape index (κ1) is 12.8. The van der Waals surface area contributed by atoms with Crippen molar-refractivity contribution in [1.82, 2.24) is 9.55 Å². The van der Waals surface area contributed by atoms with E-state index in [1.54, 1.807) is 0 Å². The largest absolute Gasteiger partial charge is 0.491 e. The second-order valence-corrected chi connectivity index (χ2v) is 5.42. The number of ether oxygens (including phenoxy) is 1. The van der Waals surface area contributed by atoms with E-state index < -0.39 is 0 Å². The minimum Gasteiger partial charge on any atom is -0.491 e. The summed E-state index contributed by atoms with van der Waals surface area (Å²) in [7, 11) is 0. The van der Waals surface area contributed by atoms with Crippen molar-refractivity contribution in [2.75, 3.05) is 12.5 Å². The highest BCUT2D eigenvalue weighted by molar-refractivity contribution is 6.17. The minimum absolute atomic E-state index is 0.612. The molecule has 1 aliphatic carbocycles. The first-order chi connectivity index (χ1) is 9.35. The summed E-state index contributed by atoms with van der Waals surface area (Å²) >= 11 is 5.90. The van der Waals surface area contributed by atoms with Gasteiger partial charge in [0.25, 0.3) is 0 Å². The van der Waals surface area contributed by atoms with Crippen LogP contribution in [0.1, 0.15) is 38.1 Å². The number of alkyl halides is 1. The zero-order valence-electron chi connectivity index (χ0n) is 11.2. The Morgan fingerprint density at radius 3 is 2.95 bits per heavy atom. The summed E-state index contributed by atoms with van der Waals surface area (Å²) in [5, 5.41) is 0. The first-order valence-electron chi connectivity index (χ1n) is 7.03. The smallest absolute Gasteiger partial charge is 0.147 e. The van der Waals surface area contributed by atoms with E-state index in [0.717, 1.165) is 36.5 Å². The molecule has 0 aliphatic heterocycles. The molecule has 0 amide bonds. The Labute approximate surface area is 118 Å².